The summed E-state index contributed by atoms with van der Waals surface area (Å²) in [5.74, 6) is 2.08. The van der Waals surface area contributed by atoms with Gasteiger partial charge in [0.05, 0.1) is 12.3 Å². The molecule has 0 amide bonds. The summed E-state index contributed by atoms with van der Waals surface area (Å²) in [5.41, 5.74) is 1.74. The van der Waals surface area contributed by atoms with Crippen molar-refractivity contribution in [3.63, 3.8) is 0 Å². The monoisotopic (exact) mass is 304 g/mol. The molecule has 0 unspecified atom stereocenters. The lowest BCUT2D eigenvalue weighted by molar-refractivity contribution is 0.146. The average Bonchev–Trinajstić information content (AvgIpc) is 3.32. The number of hydrogen-bond donors (Lipinski definition) is 0. The Bertz CT molecular complexity index is 629. The van der Waals surface area contributed by atoms with E-state index >= 15 is 0 Å². The second-order valence-corrected chi connectivity index (χ2v) is 5.43. The van der Waals surface area contributed by atoms with E-state index in [9.17, 15) is 0 Å². The molecule has 1 fully saturated rings. The predicted molar refractivity (Wildman–Crippen MR) is 81.8 cm³/mol. The van der Waals surface area contributed by atoms with Gasteiger partial charge in [0.15, 0.2) is 0 Å². The smallest absolute Gasteiger partial charge is 0.133 e. The van der Waals surface area contributed by atoms with Crippen LogP contribution in [0, 0.1) is 0 Å². The van der Waals surface area contributed by atoms with Gasteiger partial charge in [-0.1, -0.05) is 23.7 Å². The van der Waals surface area contributed by atoms with Crippen molar-refractivity contribution in [2.24, 2.45) is 0 Å². The molecule has 0 atom stereocenters. The second kappa shape index (κ2) is 6.41. The lowest BCUT2D eigenvalue weighted by atomic mass is 10.1. The molecular weight excluding hydrogens is 288 g/mol. The van der Waals surface area contributed by atoms with Crippen LogP contribution in [0.5, 0.6) is 5.75 Å². The minimum atomic E-state index is 0.462. The van der Waals surface area contributed by atoms with Gasteiger partial charge in [0.25, 0.3) is 0 Å². The number of aromatic nitrogens is 2. The van der Waals surface area contributed by atoms with Gasteiger partial charge in [-0.2, -0.15) is 0 Å². The molecule has 1 aromatic heterocycles. The minimum absolute atomic E-state index is 0.462. The first-order chi connectivity index (χ1) is 10.3. The van der Waals surface area contributed by atoms with E-state index in [1.165, 1.54) is 0 Å². The maximum atomic E-state index is 6.14. The first kappa shape index (κ1) is 14.3. The molecule has 1 aliphatic rings. The molecule has 0 spiro atoms. The van der Waals surface area contributed by atoms with E-state index < -0.39 is 0 Å². The zero-order valence-corrected chi connectivity index (χ0v) is 12.6. The van der Waals surface area contributed by atoms with Crippen LogP contribution in [0.2, 0.25) is 5.15 Å². The standard InChI is InChI=1S/C16H17ClN2O2/c1-20-8-9-21-14-5-3-2-4-12(14)13-10-15(17)19-16(18-13)11-6-7-11/h2-5,10-11H,6-9H2,1H3. The van der Waals surface area contributed by atoms with Gasteiger partial charge in [0.1, 0.15) is 23.3 Å². The number of rotatable bonds is 6. The molecule has 0 aliphatic heterocycles. The van der Waals surface area contributed by atoms with Gasteiger partial charge >= 0.3 is 0 Å². The van der Waals surface area contributed by atoms with Crippen LogP contribution in [0.25, 0.3) is 11.3 Å². The van der Waals surface area contributed by atoms with E-state index in [1.807, 2.05) is 24.3 Å². The molecule has 1 saturated carbocycles. The molecule has 110 valence electrons. The van der Waals surface area contributed by atoms with Crippen molar-refractivity contribution in [1.82, 2.24) is 9.97 Å². The van der Waals surface area contributed by atoms with E-state index in [4.69, 9.17) is 21.1 Å². The molecule has 0 saturated heterocycles. The summed E-state index contributed by atoms with van der Waals surface area (Å²) in [6.45, 7) is 1.05. The summed E-state index contributed by atoms with van der Waals surface area (Å²) >= 11 is 6.14. The Kier molecular flexibility index (Phi) is 4.36. The summed E-state index contributed by atoms with van der Waals surface area (Å²) < 4.78 is 10.8. The Hall–Kier alpha value is -1.65. The number of nitrogens with zero attached hydrogens (tertiary/aromatic N) is 2. The highest BCUT2D eigenvalue weighted by Crippen LogP contribution is 2.39. The van der Waals surface area contributed by atoms with Gasteiger partial charge in [-0.05, 0) is 25.0 Å². The van der Waals surface area contributed by atoms with Crippen LogP contribution in [0.15, 0.2) is 30.3 Å². The molecule has 3 rings (SSSR count). The van der Waals surface area contributed by atoms with Crippen LogP contribution >= 0.6 is 11.6 Å². The first-order valence-electron chi connectivity index (χ1n) is 7.03. The third-order valence-electron chi connectivity index (χ3n) is 3.36. The molecule has 0 N–H and O–H groups in total. The Morgan fingerprint density at radius 1 is 1.19 bits per heavy atom. The highest BCUT2D eigenvalue weighted by atomic mass is 35.5. The van der Waals surface area contributed by atoms with Gasteiger partial charge in [0, 0.05) is 24.7 Å². The van der Waals surface area contributed by atoms with E-state index in [0.717, 1.165) is 35.7 Å². The van der Waals surface area contributed by atoms with Crippen LogP contribution in [0.1, 0.15) is 24.6 Å². The summed E-state index contributed by atoms with van der Waals surface area (Å²) in [4.78, 5) is 8.97. The maximum absolute atomic E-state index is 6.14. The van der Waals surface area contributed by atoms with Crippen molar-refractivity contribution >= 4 is 11.6 Å². The van der Waals surface area contributed by atoms with Gasteiger partial charge in [-0.25, -0.2) is 9.97 Å². The minimum Gasteiger partial charge on any atom is -0.490 e. The largest absolute Gasteiger partial charge is 0.490 e. The second-order valence-electron chi connectivity index (χ2n) is 5.05. The fraction of sp³-hybridized carbons (Fsp3) is 0.375. The number of methoxy groups -OCH3 is 1. The fourth-order valence-electron chi connectivity index (χ4n) is 2.14. The van der Waals surface area contributed by atoms with Crippen molar-refractivity contribution in [2.45, 2.75) is 18.8 Å². The van der Waals surface area contributed by atoms with Gasteiger partial charge in [-0.3, -0.25) is 0 Å². The summed E-state index contributed by atoms with van der Waals surface area (Å²) in [5, 5.41) is 0.480. The Balaban J connectivity index is 1.92. The number of benzene rings is 1. The lowest BCUT2D eigenvalue weighted by Crippen LogP contribution is -2.05. The van der Waals surface area contributed by atoms with E-state index in [0.29, 0.717) is 24.3 Å². The topological polar surface area (TPSA) is 44.2 Å². The highest BCUT2D eigenvalue weighted by Gasteiger charge is 2.27. The number of ether oxygens (including phenoxy) is 2. The molecular formula is C16H17ClN2O2. The first-order valence-corrected chi connectivity index (χ1v) is 7.41. The van der Waals surface area contributed by atoms with Crippen LogP contribution < -0.4 is 4.74 Å². The van der Waals surface area contributed by atoms with Gasteiger partial charge in [0.2, 0.25) is 0 Å². The zero-order chi connectivity index (χ0) is 14.7. The molecule has 1 heterocycles. The normalized spacial score (nSPS) is 14.2. The lowest BCUT2D eigenvalue weighted by Gasteiger charge is -2.11. The Labute approximate surface area is 129 Å². The van der Waals surface area contributed by atoms with Crippen molar-refractivity contribution < 1.29 is 9.47 Å². The fourth-order valence-corrected chi connectivity index (χ4v) is 2.33. The maximum Gasteiger partial charge on any atom is 0.133 e. The van der Waals surface area contributed by atoms with Crippen molar-refractivity contribution in [1.29, 1.82) is 0 Å². The van der Waals surface area contributed by atoms with Crippen molar-refractivity contribution in [3.05, 3.63) is 41.3 Å². The van der Waals surface area contributed by atoms with Gasteiger partial charge in [-0.15, -0.1) is 0 Å². The Morgan fingerprint density at radius 3 is 2.76 bits per heavy atom. The summed E-state index contributed by atoms with van der Waals surface area (Å²) in [6.07, 6.45) is 2.29. The highest BCUT2D eigenvalue weighted by molar-refractivity contribution is 6.29. The third-order valence-corrected chi connectivity index (χ3v) is 3.56. The van der Waals surface area contributed by atoms with Crippen LogP contribution in [-0.4, -0.2) is 30.3 Å². The molecule has 4 nitrogen and oxygen atoms in total. The van der Waals surface area contributed by atoms with Crippen molar-refractivity contribution in [3.8, 4) is 17.0 Å². The molecule has 0 radical (unpaired) electrons. The average molecular weight is 305 g/mol. The van der Waals surface area contributed by atoms with Gasteiger partial charge < -0.3 is 9.47 Å². The SMILES string of the molecule is COCCOc1ccccc1-c1cc(Cl)nc(C2CC2)n1. The van der Waals surface area contributed by atoms with Crippen LogP contribution in [0.3, 0.4) is 0 Å². The molecule has 5 heteroatoms. The van der Waals surface area contributed by atoms with Crippen LogP contribution in [-0.2, 0) is 4.74 Å². The molecule has 1 aliphatic carbocycles. The van der Waals surface area contributed by atoms with Crippen LogP contribution in [0.4, 0.5) is 0 Å². The zero-order valence-electron chi connectivity index (χ0n) is 11.9. The van der Waals surface area contributed by atoms with E-state index in [2.05, 4.69) is 9.97 Å². The third kappa shape index (κ3) is 3.52. The quantitative estimate of drug-likeness (QED) is 0.603. The number of halogens is 1. The predicted octanol–water partition coefficient (Wildman–Crippen LogP) is 3.70. The molecule has 1 aromatic carbocycles. The molecule has 2 aromatic rings. The number of hydrogen-bond acceptors (Lipinski definition) is 4. The van der Waals surface area contributed by atoms with E-state index in [-0.39, 0.29) is 0 Å². The van der Waals surface area contributed by atoms with Crippen molar-refractivity contribution in [2.75, 3.05) is 20.3 Å². The Morgan fingerprint density at radius 2 is 2.00 bits per heavy atom. The van der Waals surface area contributed by atoms with E-state index in [1.54, 1.807) is 13.2 Å². The summed E-state index contributed by atoms with van der Waals surface area (Å²) in [6, 6.07) is 9.60. The molecule has 0 bridgehead atoms. The molecule has 21 heavy (non-hydrogen) atoms. The summed E-state index contributed by atoms with van der Waals surface area (Å²) in [7, 11) is 1.65. The number of para-hydroxylation sites is 1.